The van der Waals surface area contributed by atoms with Crippen LogP contribution in [0, 0.1) is 6.92 Å². The van der Waals surface area contributed by atoms with E-state index in [0.29, 0.717) is 5.89 Å². The summed E-state index contributed by atoms with van der Waals surface area (Å²) in [4.78, 5) is 3.94. The maximum Gasteiger partial charge on any atom is 0.263 e. The molecule has 2 aromatic rings. The van der Waals surface area contributed by atoms with Crippen molar-refractivity contribution in [2.75, 3.05) is 0 Å². The number of aromatic nitrogens is 2. The smallest absolute Gasteiger partial charge is 0.263 e. The average molecular weight is 223 g/mol. The van der Waals surface area contributed by atoms with Crippen LogP contribution < -0.4 is 0 Å². The molecule has 0 aliphatic heterocycles. The summed E-state index contributed by atoms with van der Waals surface area (Å²) in [7, 11) is 0. The van der Waals surface area contributed by atoms with Crippen LogP contribution in [0.5, 0.6) is 0 Å². The van der Waals surface area contributed by atoms with Crippen molar-refractivity contribution in [1.82, 2.24) is 10.1 Å². The second-order valence-corrected chi connectivity index (χ2v) is 3.72. The molecule has 0 unspecified atom stereocenters. The third-order valence-electron chi connectivity index (χ3n) is 2.31. The minimum atomic E-state index is 0.176. The van der Waals surface area contributed by atoms with Crippen LogP contribution in [0.3, 0.4) is 0 Å². The van der Waals surface area contributed by atoms with E-state index in [1.165, 1.54) is 11.1 Å². The summed E-state index contributed by atoms with van der Waals surface area (Å²) in [5.41, 5.74) is 2.58. The minimum Gasteiger partial charge on any atom is -0.338 e. The first kappa shape index (κ1) is 10.2. The first-order valence-electron chi connectivity index (χ1n) is 4.78. The van der Waals surface area contributed by atoms with Crippen LogP contribution in [0.2, 0.25) is 5.28 Å². The number of hydrogen-bond acceptors (Lipinski definition) is 3. The van der Waals surface area contributed by atoms with Crippen molar-refractivity contribution in [2.24, 2.45) is 0 Å². The third kappa shape index (κ3) is 2.57. The summed E-state index contributed by atoms with van der Waals surface area (Å²) in [5.74, 6) is 0.586. The van der Waals surface area contributed by atoms with Gasteiger partial charge in [-0.2, -0.15) is 4.98 Å². The molecule has 0 saturated carbocycles. The molecule has 0 atom stereocenters. The largest absolute Gasteiger partial charge is 0.338 e. The molecular weight excluding hydrogens is 212 g/mol. The molecule has 1 heterocycles. The van der Waals surface area contributed by atoms with Gasteiger partial charge in [-0.05, 0) is 41.2 Å². The molecule has 0 amide bonds. The van der Waals surface area contributed by atoms with E-state index in [1.807, 2.05) is 12.1 Å². The van der Waals surface area contributed by atoms with Gasteiger partial charge in [0.2, 0.25) is 5.89 Å². The number of rotatable bonds is 3. The van der Waals surface area contributed by atoms with Crippen LogP contribution in [0.4, 0.5) is 0 Å². The topological polar surface area (TPSA) is 38.9 Å². The van der Waals surface area contributed by atoms with E-state index in [0.717, 1.165) is 12.8 Å². The quantitative estimate of drug-likeness (QED) is 0.802. The highest BCUT2D eigenvalue weighted by molar-refractivity contribution is 6.28. The van der Waals surface area contributed by atoms with Gasteiger partial charge in [0.1, 0.15) is 0 Å². The molecule has 0 spiro atoms. The minimum absolute atomic E-state index is 0.176. The highest BCUT2D eigenvalue weighted by atomic mass is 35.5. The summed E-state index contributed by atoms with van der Waals surface area (Å²) in [6, 6.07) is 8.26. The summed E-state index contributed by atoms with van der Waals surface area (Å²) in [6.07, 6.45) is 1.62. The van der Waals surface area contributed by atoms with Gasteiger partial charge in [0.15, 0.2) is 0 Å². The molecular formula is C11H11ClN2O. The lowest BCUT2D eigenvalue weighted by Crippen LogP contribution is -1.93. The maximum atomic E-state index is 5.56. The Morgan fingerprint density at radius 2 is 2.07 bits per heavy atom. The Morgan fingerprint density at radius 3 is 2.73 bits per heavy atom. The lowest BCUT2D eigenvalue weighted by atomic mass is 10.0. The predicted octanol–water partition coefficient (Wildman–Crippen LogP) is 2.82. The Bertz CT molecular complexity index is 453. The Hall–Kier alpha value is -1.35. The molecule has 15 heavy (non-hydrogen) atoms. The fourth-order valence-electron chi connectivity index (χ4n) is 1.47. The first-order valence-corrected chi connectivity index (χ1v) is 5.16. The number of aryl methyl sites for hydroxylation is 3. The second kappa shape index (κ2) is 4.45. The van der Waals surface area contributed by atoms with Crippen LogP contribution in [0.15, 0.2) is 28.8 Å². The number of nitrogens with zero attached hydrogens (tertiary/aromatic N) is 2. The first-order chi connectivity index (χ1) is 7.25. The van der Waals surface area contributed by atoms with E-state index in [4.69, 9.17) is 16.1 Å². The molecule has 0 N–H and O–H groups in total. The van der Waals surface area contributed by atoms with Crippen molar-refractivity contribution < 1.29 is 4.52 Å². The summed E-state index contributed by atoms with van der Waals surface area (Å²) in [5, 5.41) is 3.71. The zero-order valence-electron chi connectivity index (χ0n) is 8.40. The molecule has 1 aromatic carbocycles. The highest BCUT2D eigenvalue weighted by Gasteiger charge is 2.04. The Morgan fingerprint density at radius 1 is 1.27 bits per heavy atom. The van der Waals surface area contributed by atoms with Gasteiger partial charge >= 0.3 is 0 Å². The maximum absolute atomic E-state index is 5.56. The van der Waals surface area contributed by atoms with Gasteiger partial charge in [-0.15, -0.1) is 0 Å². The van der Waals surface area contributed by atoms with Gasteiger partial charge in [0.25, 0.3) is 5.28 Å². The normalized spacial score (nSPS) is 10.5. The fraction of sp³-hybridized carbons (Fsp3) is 0.273. The van der Waals surface area contributed by atoms with E-state index in [-0.39, 0.29) is 5.28 Å². The SMILES string of the molecule is Cc1ccccc1CCc1nc(Cl)no1. The second-order valence-electron chi connectivity index (χ2n) is 3.38. The molecule has 0 saturated heterocycles. The Labute approximate surface area is 93.1 Å². The molecule has 0 fully saturated rings. The van der Waals surface area contributed by atoms with Gasteiger partial charge in [0.05, 0.1) is 0 Å². The number of benzene rings is 1. The zero-order valence-corrected chi connectivity index (χ0v) is 9.16. The molecule has 3 nitrogen and oxygen atoms in total. The van der Waals surface area contributed by atoms with Crippen LogP contribution in [-0.4, -0.2) is 10.1 Å². The lowest BCUT2D eigenvalue weighted by Gasteiger charge is -2.02. The van der Waals surface area contributed by atoms with Crippen LogP contribution in [0.25, 0.3) is 0 Å². The predicted molar refractivity (Wildman–Crippen MR) is 57.9 cm³/mol. The molecule has 2 rings (SSSR count). The molecule has 1 aromatic heterocycles. The van der Waals surface area contributed by atoms with E-state index in [1.54, 1.807) is 0 Å². The van der Waals surface area contributed by atoms with Gasteiger partial charge < -0.3 is 4.52 Å². The van der Waals surface area contributed by atoms with Gasteiger partial charge in [0, 0.05) is 6.42 Å². The highest BCUT2D eigenvalue weighted by Crippen LogP contribution is 2.11. The Kier molecular flexibility index (Phi) is 3.02. The van der Waals surface area contributed by atoms with Gasteiger partial charge in [-0.25, -0.2) is 0 Å². The van der Waals surface area contributed by atoms with Gasteiger partial charge in [-0.1, -0.05) is 24.3 Å². The van der Waals surface area contributed by atoms with Crippen molar-refractivity contribution in [1.29, 1.82) is 0 Å². The monoisotopic (exact) mass is 222 g/mol. The van der Waals surface area contributed by atoms with Crippen LogP contribution >= 0.6 is 11.6 Å². The van der Waals surface area contributed by atoms with Crippen molar-refractivity contribution in [3.63, 3.8) is 0 Å². The number of halogens is 1. The zero-order chi connectivity index (χ0) is 10.7. The van der Waals surface area contributed by atoms with E-state index in [9.17, 15) is 0 Å². The molecule has 0 radical (unpaired) electrons. The van der Waals surface area contributed by atoms with Crippen molar-refractivity contribution in [2.45, 2.75) is 19.8 Å². The van der Waals surface area contributed by atoms with E-state index < -0.39 is 0 Å². The molecule has 0 aliphatic rings. The summed E-state index contributed by atoms with van der Waals surface area (Å²) in [6.45, 7) is 2.09. The van der Waals surface area contributed by atoms with Crippen LogP contribution in [0.1, 0.15) is 17.0 Å². The molecule has 0 bridgehead atoms. The van der Waals surface area contributed by atoms with E-state index in [2.05, 4.69) is 29.2 Å². The van der Waals surface area contributed by atoms with Crippen molar-refractivity contribution >= 4 is 11.6 Å². The summed E-state index contributed by atoms with van der Waals surface area (Å²) < 4.78 is 4.93. The Balaban J connectivity index is 2.02. The fourth-order valence-corrected chi connectivity index (χ4v) is 1.60. The molecule has 78 valence electrons. The molecule has 0 aliphatic carbocycles. The van der Waals surface area contributed by atoms with Gasteiger partial charge in [-0.3, -0.25) is 0 Å². The number of hydrogen-bond donors (Lipinski definition) is 0. The third-order valence-corrected chi connectivity index (χ3v) is 2.47. The van der Waals surface area contributed by atoms with Crippen molar-refractivity contribution in [3.8, 4) is 0 Å². The van der Waals surface area contributed by atoms with Crippen LogP contribution in [-0.2, 0) is 12.8 Å². The van der Waals surface area contributed by atoms with E-state index >= 15 is 0 Å². The standard InChI is InChI=1S/C11H11ClN2O/c1-8-4-2-3-5-9(8)6-7-10-13-11(12)14-15-10/h2-5H,6-7H2,1H3. The summed E-state index contributed by atoms with van der Waals surface area (Å²) >= 11 is 5.56. The molecule has 4 heteroatoms. The van der Waals surface area contributed by atoms with Crippen molar-refractivity contribution in [3.05, 3.63) is 46.6 Å². The lowest BCUT2D eigenvalue weighted by molar-refractivity contribution is 0.377. The average Bonchev–Trinajstić information content (AvgIpc) is 2.63.